The van der Waals surface area contributed by atoms with E-state index in [1.54, 1.807) is 0 Å². The first-order chi connectivity index (χ1) is 49.7. The molecule has 0 saturated heterocycles. The molecule has 0 aromatic rings. The molecule has 103 heavy (non-hydrogen) atoms. The molecule has 0 saturated carbocycles. The summed E-state index contributed by atoms with van der Waals surface area (Å²) in [7, 11) is -9.92. The molecule has 0 aliphatic heterocycles. The molecule has 0 fully saturated rings. The highest BCUT2D eigenvalue weighted by Crippen LogP contribution is 2.45. The fraction of sp³-hybridized carbons (Fsp3) is 0.952. The van der Waals surface area contributed by atoms with Gasteiger partial charge < -0.3 is 33.8 Å². The monoisotopic (exact) mass is 1510 g/mol. The number of ether oxygens (including phenoxy) is 4. The van der Waals surface area contributed by atoms with E-state index in [4.69, 9.17) is 37.0 Å². The van der Waals surface area contributed by atoms with Crippen LogP contribution in [0.5, 0.6) is 0 Å². The van der Waals surface area contributed by atoms with Gasteiger partial charge in [-0.15, -0.1) is 0 Å². The van der Waals surface area contributed by atoms with Crippen LogP contribution in [-0.2, 0) is 65.4 Å². The smallest absolute Gasteiger partial charge is 0.462 e. The van der Waals surface area contributed by atoms with Gasteiger partial charge in [-0.25, -0.2) is 9.13 Å². The Morgan fingerprint density at radius 1 is 0.272 bits per heavy atom. The van der Waals surface area contributed by atoms with Crippen LogP contribution >= 0.6 is 15.6 Å². The summed E-state index contributed by atoms with van der Waals surface area (Å²) in [5.41, 5.74) is 0. The van der Waals surface area contributed by atoms with Gasteiger partial charge in [-0.05, 0) is 49.4 Å². The number of aliphatic hydroxyl groups excluding tert-OH is 1. The molecule has 0 rings (SSSR count). The molecule has 17 nitrogen and oxygen atoms in total. The normalized spacial score (nSPS) is 14.5. The molecule has 0 radical (unpaired) electrons. The van der Waals surface area contributed by atoms with Gasteiger partial charge in [0.15, 0.2) is 12.2 Å². The lowest BCUT2D eigenvalue weighted by Gasteiger charge is -2.21. The van der Waals surface area contributed by atoms with Crippen LogP contribution in [0.4, 0.5) is 0 Å². The standard InChI is InChI=1S/C84H164O17P2/c1-9-76(7)62-54-46-38-30-23-19-15-13-11-12-14-16-21-25-32-40-48-56-64-81(86)94-70-79(100-83(88)66-58-50-41-33-26-22-18-17-20-24-31-39-47-55-63-77(8)10-2)72-98-102(90,91)96-68-78(85)69-97-103(92,93)99-73-80(71-95-82(87)65-57-49-43-35-37-45-53-61-75(5)6)101-84(89)67-59-51-42-34-28-27-29-36-44-52-60-74(3)4/h74-80,85H,9-73H2,1-8H3,(H,90,91)(H,92,93)/t76?,77?,78?,79-,80-/m1/s1. The first kappa shape index (κ1) is 101. The van der Waals surface area contributed by atoms with E-state index in [9.17, 15) is 43.2 Å². The Bertz CT molecular complexity index is 2010. The van der Waals surface area contributed by atoms with E-state index in [0.29, 0.717) is 31.6 Å². The largest absolute Gasteiger partial charge is 0.472 e. The zero-order chi connectivity index (χ0) is 76.0. The molecule has 0 bridgehead atoms. The number of unbranched alkanes of at least 4 members (excludes halogenated alkanes) is 45. The number of carbonyl (C=O) groups is 4. The predicted octanol–water partition coefficient (Wildman–Crippen LogP) is 25.2. The quantitative estimate of drug-likeness (QED) is 0.0222. The first-order valence-electron chi connectivity index (χ1n) is 43.3. The lowest BCUT2D eigenvalue weighted by molar-refractivity contribution is -0.161. The molecule has 0 aromatic carbocycles. The van der Waals surface area contributed by atoms with Crippen molar-refractivity contribution in [2.24, 2.45) is 23.7 Å². The Hall–Kier alpha value is -1.94. The molecule has 5 unspecified atom stereocenters. The van der Waals surface area contributed by atoms with Gasteiger partial charge in [0.25, 0.3) is 0 Å². The van der Waals surface area contributed by atoms with Crippen LogP contribution in [0.25, 0.3) is 0 Å². The van der Waals surface area contributed by atoms with Crippen molar-refractivity contribution in [2.45, 2.75) is 453 Å². The number of hydrogen-bond acceptors (Lipinski definition) is 15. The third-order valence-corrected chi connectivity index (χ3v) is 22.2. The molecule has 0 spiro atoms. The van der Waals surface area contributed by atoms with Crippen LogP contribution in [0.3, 0.4) is 0 Å². The summed E-state index contributed by atoms with van der Waals surface area (Å²) in [6, 6.07) is 0. The highest BCUT2D eigenvalue weighted by molar-refractivity contribution is 7.47. The van der Waals surface area contributed by atoms with Crippen molar-refractivity contribution in [3.8, 4) is 0 Å². The zero-order valence-electron chi connectivity index (χ0n) is 68.0. The summed E-state index contributed by atoms with van der Waals surface area (Å²) in [4.78, 5) is 73.1. The van der Waals surface area contributed by atoms with Crippen molar-refractivity contribution in [1.82, 2.24) is 0 Å². The minimum Gasteiger partial charge on any atom is -0.462 e. The summed E-state index contributed by atoms with van der Waals surface area (Å²) < 4.78 is 68.8. The average Bonchev–Trinajstić information content (AvgIpc) is 0.942. The fourth-order valence-electron chi connectivity index (χ4n) is 12.9. The Balaban J connectivity index is 5.21. The van der Waals surface area contributed by atoms with Crippen LogP contribution in [0.15, 0.2) is 0 Å². The number of rotatable bonds is 81. The number of aliphatic hydroxyl groups is 1. The van der Waals surface area contributed by atoms with E-state index in [0.717, 1.165) is 114 Å². The van der Waals surface area contributed by atoms with Crippen molar-refractivity contribution in [2.75, 3.05) is 39.6 Å². The lowest BCUT2D eigenvalue weighted by Crippen LogP contribution is -2.30. The number of phosphoric ester groups is 2. The summed E-state index contributed by atoms with van der Waals surface area (Å²) in [6.07, 6.45) is 61.1. The van der Waals surface area contributed by atoms with Gasteiger partial charge in [0.1, 0.15) is 19.3 Å². The number of carbonyl (C=O) groups excluding carboxylic acids is 4. The topological polar surface area (TPSA) is 237 Å². The Morgan fingerprint density at radius 2 is 0.466 bits per heavy atom. The van der Waals surface area contributed by atoms with Crippen molar-refractivity contribution in [1.29, 1.82) is 0 Å². The van der Waals surface area contributed by atoms with Crippen molar-refractivity contribution >= 4 is 39.5 Å². The van der Waals surface area contributed by atoms with E-state index < -0.39 is 97.5 Å². The van der Waals surface area contributed by atoms with E-state index >= 15 is 0 Å². The second-order valence-corrected chi connectivity index (χ2v) is 34.6. The van der Waals surface area contributed by atoms with Gasteiger partial charge in [0.2, 0.25) is 0 Å². The van der Waals surface area contributed by atoms with Gasteiger partial charge >= 0.3 is 39.5 Å². The maximum Gasteiger partial charge on any atom is 0.472 e. The molecule has 3 N–H and O–H groups in total. The molecule has 0 aromatic heterocycles. The molecule has 0 aliphatic carbocycles. The van der Waals surface area contributed by atoms with Crippen LogP contribution in [0.1, 0.15) is 434 Å². The second kappa shape index (κ2) is 72.9. The van der Waals surface area contributed by atoms with Crippen LogP contribution in [0, 0.1) is 23.7 Å². The summed E-state index contributed by atoms with van der Waals surface area (Å²) in [5.74, 6) is 1.06. The Kier molecular flexibility index (Phi) is 71.5. The average molecular weight is 1510 g/mol. The van der Waals surface area contributed by atoms with Crippen LogP contribution < -0.4 is 0 Å². The van der Waals surface area contributed by atoms with Gasteiger partial charge in [0, 0.05) is 25.7 Å². The third kappa shape index (κ3) is 75.3. The van der Waals surface area contributed by atoms with E-state index in [2.05, 4.69) is 55.4 Å². The second-order valence-electron chi connectivity index (χ2n) is 31.7. The highest BCUT2D eigenvalue weighted by Gasteiger charge is 2.30. The number of hydrogen-bond donors (Lipinski definition) is 3. The van der Waals surface area contributed by atoms with E-state index in [-0.39, 0.29) is 25.7 Å². The summed E-state index contributed by atoms with van der Waals surface area (Å²) >= 11 is 0. The number of phosphoric acid groups is 2. The predicted molar refractivity (Wildman–Crippen MR) is 423 cm³/mol. The SMILES string of the molecule is CCC(C)CCCCCCCCCCCCCCCCCCCCC(=O)OC[C@H](COP(=O)(O)OCC(O)COP(=O)(O)OC[C@@H](COC(=O)CCCCCCCCCC(C)C)OC(=O)CCCCCCCCCCCCC(C)C)OC(=O)CCCCCCCCCCCCCCCCC(C)CC. The molecule has 19 heteroatoms. The maximum atomic E-state index is 13.1. The Labute approximate surface area is 632 Å². The lowest BCUT2D eigenvalue weighted by atomic mass is 9.99. The minimum absolute atomic E-state index is 0.105. The minimum atomic E-state index is -4.97. The summed E-state index contributed by atoms with van der Waals surface area (Å²) in [5, 5.41) is 10.7. The summed E-state index contributed by atoms with van der Waals surface area (Å²) in [6.45, 7) is 14.3. The number of esters is 4. The van der Waals surface area contributed by atoms with Crippen LogP contribution in [-0.4, -0.2) is 96.7 Å². The third-order valence-electron chi connectivity index (χ3n) is 20.3. The Morgan fingerprint density at radius 3 is 0.689 bits per heavy atom. The molecule has 0 heterocycles. The highest BCUT2D eigenvalue weighted by atomic mass is 31.2. The van der Waals surface area contributed by atoms with Crippen LogP contribution in [0.2, 0.25) is 0 Å². The molecule has 0 amide bonds. The van der Waals surface area contributed by atoms with E-state index in [1.165, 1.54) is 231 Å². The van der Waals surface area contributed by atoms with Crippen molar-refractivity contribution < 1.29 is 80.2 Å². The van der Waals surface area contributed by atoms with Gasteiger partial charge in [-0.1, -0.05) is 383 Å². The fourth-order valence-corrected chi connectivity index (χ4v) is 14.5. The van der Waals surface area contributed by atoms with Crippen molar-refractivity contribution in [3.63, 3.8) is 0 Å². The van der Waals surface area contributed by atoms with Gasteiger partial charge in [0.05, 0.1) is 26.4 Å². The van der Waals surface area contributed by atoms with Gasteiger partial charge in [-0.2, -0.15) is 0 Å². The molecular weight excluding hydrogens is 1340 g/mol. The first-order valence-corrected chi connectivity index (χ1v) is 46.3. The molecule has 7 atom stereocenters. The zero-order valence-corrected chi connectivity index (χ0v) is 69.7. The molecular formula is C84H164O17P2. The molecule has 0 aliphatic rings. The van der Waals surface area contributed by atoms with E-state index in [1.807, 2.05) is 0 Å². The maximum absolute atomic E-state index is 13.1. The van der Waals surface area contributed by atoms with Gasteiger partial charge in [-0.3, -0.25) is 37.3 Å². The van der Waals surface area contributed by atoms with Crippen molar-refractivity contribution in [3.05, 3.63) is 0 Å². The molecule has 612 valence electrons.